The first-order valence-electron chi connectivity index (χ1n) is 5.51. The number of hydrogen-bond donors (Lipinski definition) is 0. The standard InChI is InChI=1S/C13H17FO2/c1-3-6-11(9-14)16-13-8-5-4-7-12(13)10(2)15/h4-5,7-8,11H,3,6,9H2,1-2H3/t11-/m0/s1. The maximum Gasteiger partial charge on any atom is 0.163 e. The molecule has 0 aromatic heterocycles. The topological polar surface area (TPSA) is 26.3 Å². The highest BCUT2D eigenvalue weighted by atomic mass is 19.1. The van der Waals surface area contributed by atoms with Crippen LogP contribution in [0.4, 0.5) is 4.39 Å². The van der Waals surface area contributed by atoms with Gasteiger partial charge in [0.25, 0.3) is 0 Å². The molecule has 2 nitrogen and oxygen atoms in total. The molecule has 1 aromatic rings. The van der Waals surface area contributed by atoms with Gasteiger partial charge in [0.05, 0.1) is 5.56 Å². The Kier molecular flexibility index (Phi) is 4.96. The molecule has 0 amide bonds. The lowest BCUT2D eigenvalue weighted by atomic mass is 10.1. The summed E-state index contributed by atoms with van der Waals surface area (Å²) in [5, 5.41) is 0. The number of hydrogen-bond acceptors (Lipinski definition) is 2. The van der Waals surface area contributed by atoms with E-state index in [4.69, 9.17) is 4.74 Å². The minimum Gasteiger partial charge on any atom is -0.487 e. The number of halogens is 1. The highest BCUT2D eigenvalue weighted by Gasteiger charge is 2.13. The Hall–Kier alpha value is -1.38. The van der Waals surface area contributed by atoms with Crippen molar-refractivity contribution >= 4 is 5.78 Å². The summed E-state index contributed by atoms with van der Waals surface area (Å²) < 4.78 is 18.2. The Morgan fingerprint density at radius 2 is 2.12 bits per heavy atom. The van der Waals surface area contributed by atoms with E-state index in [1.165, 1.54) is 6.92 Å². The van der Waals surface area contributed by atoms with Crippen molar-refractivity contribution in [2.75, 3.05) is 6.67 Å². The van der Waals surface area contributed by atoms with E-state index in [1.54, 1.807) is 24.3 Å². The van der Waals surface area contributed by atoms with E-state index < -0.39 is 12.8 Å². The first-order chi connectivity index (χ1) is 7.69. The van der Waals surface area contributed by atoms with E-state index in [2.05, 4.69) is 0 Å². The Bertz CT molecular complexity index is 350. The number of para-hydroxylation sites is 1. The zero-order valence-corrected chi connectivity index (χ0v) is 9.70. The predicted octanol–water partition coefficient (Wildman–Crippen LogP) is 3.41. The van der Waals surface area contributed by atoms with Gasteiger partial charge in [-0.3, -0.25) is 4.79 Å². The SMILES string of the molecule is CCC[C@@H](CF)Oc1ccccc1C(C)=O. The number of rotatable bonds is 6. The molecule has 0 aliphatic heterocycles. The summed E-state index contributed by atoms with van der Waals surface area (Å²) in [6, 6.07) is 6.95. The first kappa shape index (κ1) is 12.7. The Morgan fingerprint density at radius 3 is 2.69 bits per heavy atom. The van der Waals surface area contributed by atoms with Crippen LogP contribution in [0.15, 0.2) is 24.3 Å². The molecule has 1 rings (SSSR count). The van der Waals surface area contributed by atoms with Crippen molar-refractivity contribution in [2.24, 2.45) is 0 Å². The molecule has 0 N–H and O–H groups in total. The Morgan fingerprint density at radius 1 is 1.44 bits per heavy atom. The van der Waals surface area contributed by atoms with Gasteiger partial charge >= 0.3 is 0 Å². The summed E-state index contributed by atoms with van der Waals surface area (Å²) in [4.78, 5) is 11.3. The van der Waals surface area contributed by atoms with Crippen molar-refractivity contribution in [1.82, 2.24) is 0 Å². The van der Waals surface area contributed by atoms with E-state index in [9.17, 15) is 9.18 Å². The molecule has 3 heteroatoms. The molecular weight excluding hydrogens is 207 g/mol. The minimum absolute atomic E-state index is 0.0651. The molecule has 0 bridgehead atoms. The number of ether oxygens (including phenoxy) is 1. The van der Waals surface area contributed by atoms with E-state index in [0.29, 0.717) is 17.7 Å². The second-order valence-corrected chi connectivity index (χ2v) is 3.74. The van der Waals surface area contributed by atoms with Crippen LogP contribution in [0.1, 0.15) is 37.0 Å². The highest BCUT2D eigenvalue weighted by Crippen LogP contribution is 2.21. The van der Waals surface area contributed by atoms with Gasteiger partial charge in [-0.25, -0.2) is 4.39 Å². The Labute approximate surface area is 95.4 Å². The summed E-state index contributed by atoms with van der Waals surface area (Å²) in [7, 11) is 0. The van der Waals surface area contributed by atoms with Crippen LogP contribution in [0.25, 0.3) is 0 Å². The van der Waals surface area contributed by atoms with Crippen LogP contribution in [0, 0.1) is 0 Å². The van der Waals surface area contributed by atoms with Crippen LogP contribution >= 0.6 is 0 Å². The van der Waals surface area contributed by atoms with Crippen molar-refractivity contribution in [3.05, 3.63) is 29.8 Å². The number of Topliss-reactive ketones (excluding diaryl/α,β-unsaturated/α-hetero) is 1. The lowest BCUT2D eigenvalue weighted by molar-refractivity contribution is 0.100. The molecule has 0 radical (unpaired) electrons. The van der Waals surface area contributed by atoms with E-state index >= 15 is 0 Å². The molecule has 1 aromatic carbocycles. The molecule has 0 fully saturated rings. The fraction of sp³-hybridized carbons (Fsp3) is 0.462. The molecule has 16 heavy (non-hydrogen) atoms. The van der Waals surface area contributed by atoms with Crippen LogP contribution in [0.2, 0.25) is 0 Å². The fourth-order valence-corrected chi connectivity index (χ4v) is 1.53. The van der Waals surface area contributed by atoms with Crippen LogP contribution in [-0.2, 0) is 0 Å². The van der Waals surface area contributed by atoms with Gasteiger partial charge in [0.1, 0.15) is 18.5 Å². The average Bonchev–Trinajstić information content (AvgIpc) is 2.29. The van der Waals surface area contributed by atoms with Gasteiger partial charge in [-0.2, -0.15) is 0 Å². The van der Waals surface area contributed by atoms with Crippen molar-refractivity contribution in [3.8, 4) is 5.75 Å². The first-order valence-corrected chi connectivity index (χ1v) is 5.51. The molecule has 0 saturated carbocycles. The molecule has 0 saturated heterocycles. The quantitative estimate of drug-likeness (QED) is 0.692. The Balaban J connectivity index is 2.82. The third-order valence-corrected chi connectivity index (χ3v) is 2.34. The minimum atomic E-state index is -0.528. The van der Waals surface area contributed by atoms with Gasteiger partial charge in [-0.15, -0.1) is 0 Å². The smallest absolute Gasteiger partial charge is 0.163 e. The van der Waals surface area contributed by atoms with Gasteiger partial charge in [0, 0.05) is 0 Å². The molecule has 0 aliphatic carbocycles. The van der Waals surface area contributed by atoms with Crippen LogP contribution in [0.5, 0.6) is 5.75 Å². The van der Waals surface area contributed by atoms with Crippen molar-refractivity contribution in [1.29, 1.82) is 0 Å². The predicted molar refractivity (Wildman–Crippen MR) is 61.7 cm³/mol. The number of carbonyl (C=O) groups excluding carboxylic acids is 1. The van der Waals surface area contributed by atoms with E-state index in [0.717, 1.165) is 6.42 Å². The average molecular weight is 224 g/mol. The monoisotopic (exact) mass is 224 g/mol. The number of benzene rings is 1. The number of ketones is 1. The second-order valence-electron chi connectivity index (χ2n) is 3.74. The third-order valence-electron chi connectivity index (χ3n) is 2.34. The number of carbonyl (C=O) groups is 1. The van der Waals surface area contributed by atoms with Crippen molar-refractivity contribution < 1.29 is 13.9 Å². The van der Waals surface area contributed by atoms with Gasteiger partial charge in [0.15, 0.2) is 5.78 Å². The van der Waals surface area contributed by atoms with Gasteiger partial charge in [-0.1, -0.05) is 25.5 Å². The molecule has 0 unspecified atom stereocenters. The summed E-state index contributed by atoms with van der Waals surface area (Å²) >= 11 is 0. The molecule has 0 spiro atoms. The lowest BCUT2D eigenvalue weighted by Gasteiger charge is -2.16. The molecule has 88 valence electrons. The zero-order chi connectivity index (χ0) is 12.0. The van der Waals surface area contributed by atoms with Crippen molar-refractivity contribution in [3.63, 3.8) is 0 Å². The molecular formula is C13H17FO2. The lowest BCUT2D eigenvalue weighted by Crippen LogP contribution is -2.19. The third kappa shape index (κ3) is 3.33. The maximum atomic E-state index is 12.7. The number of alkyl halides is 1. The largest absolute Gasteiger partial charge is 0.487 e. The normalized spacial score (nSPS) is 12.2. The van der Waals surface area contributed by atoms with Gasteiger partial charge in [0.2, 0.25) is 0 Å². The van der Waals surface area contributed by atoms with Gasteiger partial charge in [-0.05, 0) is 25.5 Å². The van der Waals surface area contributed by atoms with E-state index in [1.807, 2.05) is 6.92 Å². The molecule has 0 heterocycles. The van der Waals surface area contributed by atoms with Crippen LogP contribution < -0.4 is 4.74 Å². The van der Waals surface area contributed by atoms with E-state index in [-0.39, 0.29) is 5.78 Å². The molecule has 0 aliphatic rings. The summed E-state index contributed by atoms with van der Waals surface area (Å²) in [6.07, 6.45) is 1.06. The summed E-state index contributed by atoms with van der Waals surface area (Å²) in [5.41, 5.74) is 0.511. The maximum absolute atomic E-state index is 12.7. The molecule has 1 atom stereocenters. The van der Waals surface area contributed by atoms with Crippen LogP contribution in [0.3, 0.4) is 0 Å². The fourth-order valence-electron chi connectivity index (χ4n) is 1.53. The van der Waals surface area contributed by atoms with Crippen molar-refractivity contribution in [2.45, 2.75) is 32.8 Å². The highest BCUT2D eigenvalue weighted by molar-refractivity contribution is 5.96. The summed E-state index contributed by atoms with van der Waals surface area (Å²) in [5.74, 6) is 0.413. The van der Waals surface area contributed by atoms with Gasteiger partial charge < -0.3 is 4.74 Å². The summed E-state index contributed by atoms with van der Waals surface area (Å²) in [6.45, 7) is 2.93. The second kappa shape index (κ2) is 6.26. The van der Waals surface area contributed by atoms with Crippen LogP contribution in [-0.4, -0.2) is 18.6 Å². The zero-order valence-electron chi connectivity index (χ0n) is 9.70.